The van der Waals surface area contributed by atoms with Gasteiger partial charge in [0.05, 0.1) is 5.71 Å². The molecule has 102 valence electrons. The van der Waals surface area contributed by atoms with Crippen molar-refractivity contribution >= 4 is 11.6 Å². The van der Waals surface area contributed by atoms with E-state index >= 15 is 0 Å². The van der Waals surface area contributed by atoms with Crippen LogP contribution in [0, 0.1) is 5.92 Å². The summed E-state index contributed by atoms with van der Waals surface area (Å²) in [6, 6.07) is 10.1. The fourth-order valence-corrected chi connectivity index (χ4v) is 2.00. The third-order valence-electron chi connectivity index (χ3n) is 3.37. The molecule has 1 N–H and O–H groups in total. The van der Waals surface area contributed by atoms with Crippen molar-refractivity contribution < 1.29 is 4.79 Å². The maximum absolute atomic E-state index is 11.7. The molecule has 1 fully saturated rings. The Balaban J connectivity index is 2.00. The third-order valence-corrected chi connectivity index (χ3v) is 3.37. The molecule has 2 rings (SSSR count). The van der Waals surface area contributed by atoms with Crippen LogP contribution in [0.15, 0.2) is 35.4 Å². The monoisotopic (exact) mass is 258 g/mol. The van der Waals surface area contributed by atoms with Crippen LogP contribution in [0.3, 0.4) is 0 Å². The molecule has 3 nitrogen and oxygen atoms in total. The number of hydrazone groups is 1. The van der Waals surface area contributed by atoms with Crippen molar-refractivity contribution in [3.63, 3.8) is 0 Å². The molecule has 0 aliphatic heterocycles. The minimum absolute atomic E-state index is 0.0731. The molecule has 0 spiro atoms. The van der Waals surface area contributed by atoms with E-state index in [0.29, 0.717) is 0 Å². The molecule has 3 heteroatoms. The summed E-state index contributed by atoms with van der Waals surface area (Å²) in [6.07, 6.45) is 6.45. The van der Waals surface area contributed by atoms with Crippen LogP contribution in [0.2, 0.25) is 0 Å². The second kappa shape index (κ2) is 7.07. The van der Waals surface area contributed by atoms with Gasteiger partial charge in [-0.05, 0) is 31.2 Å². The van der Waals surface area contributed by atoms with Gasteiger partial charge in [0, 0.05) is 5.92 Å². The van der Waals surface area contributed by atoms with Crippen molar-refractivity contribution in [2.75, 3.05) is 0 Å². The maximum Gasteiger partial charge on any atom is 0.243 e. The Morgan fingerprint density at radius 2 is 2.00 bits per heavy atom. The number of unbranched alkanes of at least 4 members (excludes halogenated alkanes) is 2. The van der Waals surface area contributed by atoms with E-state index in [2.05, 4.69) is 17.5 Å². The molecule has 0 atom stereocenters. The Labute approximate surface area is 115 Å². The normalized spacial score (nSPS) is 15.3. The fourth-order valence-electron chi connectivity index (χ4n) is 2.00. The Bertz CT molecular complexity index is 435. The van der Waals surface area contributed by atoms with Crippen LogP contribution >= 0.6 is 0 Å². The van der Waals surface area contributed by atoms with Crippen molar-refractivity contribution in [3.05, 3.63) is 35.9 Å². The zero-order valence-electron chi connectivity index (χ0n) is 11.6. The van der Waals surface area contributed by atoms with Crippen molar-refractivity contribution in [1.82, 2.24) is 5.43 Å². The van der Waals surface area contributed by atoms with Gasteiger partial charge in [0.2, 0.25) is 5.91 Å². The van der Waals surface area contributed by atoms with Gasteiger partial charge in [-0.15, -0.1) is 0 Å². The Morgan fingerprint density at radius 3 is 2.63 bits per heavy atom. The van der Waals surface area contributed by atoms with Crippen molar-refractivity contribution in [2.45, 2.75) is 45.4 Å². The molecule has 1 amide bonds. The van der Waals surface area contributed by atoms with Crippen molar-refractivity contribution in [2.24, 2.45) is 11.0 Å². The number of hydrogen-bond acceptors (Lipinski definition) is 2. The molecule has 0 unspecified atom stereocenters. The van der Waals surface area contributed by atoms with E-state index < -0.39 is 0 Å². The van der Waals surface area contributed by atoms with Crippen LogP contribution in [0.25, 0.3) is 0 Å². The first kappa shape index (κ1) is 13.8. The maximum atomic E-state index is 11.7. The van der Waals surface area contributed by atoms with E-state index in [1.165, 1.54) is 12.8 Å². The SMILES string of the molecule is CCCCCC(=NNC(=O)C1CC1)c1ccccc1. The van der Waals surface area contributed by atoms with E-state index in [1.54, 1.807) is 0 Å². The average Bonchev–Trinajstić information content (AvgIpc) is 3.28. The van der Waals surface area contributed by atoms with Crippen molar-refractivity contribution in [1.29, 1.82) is 0 Å². The number of carbonyl (C=O) groups is 1. The first-order valence-corrected chi connectivity index (χ1v) is 7.23. The Hall–Kier alpha value is -1.64. The van der Waals surface area contributed by atoms with Crippen LogP contribution in [0.5, 0.6) is 0 Å². The van der Waals surface area contributed by atoms with Crippen LogP contribution in [0.4, 0.5) is 0 Å². The average molecular weight is 258 g/mol. The summed E-state index contributed by atoms with van der Waals surface area (Å²) in [6.45, 7) is 2.19. The lowest BCUT2D eigenvalue weighted by Gasteiger charge is -2.07. The molecule has 0 bridgehead atoms. The number of amides is 1. The van der Waals surface area contributed by atoms with Crippen LogP contribution in [-0.2, 0) is 4.79 Å². The molecular formula is C16H22N2O. The summed E-state index contributed by atoms with van der Waals surface area (Å²) < 4.78 is 0. The van der Waals surface area contributed by atoms with Gasteiger partial charge in [-0.25, -0.2) is 5.43 Å². The van der Waals surface area contributed by atoms with E-state index in [1.807, 2.05) is 30.3 Å². The molecule has 19 heavy (non-hydrogen) atoms. The summed E-state index contributed by atoms with van der Waals surface area (Å²) in [5.41, 5.74) is 4.81. The van der Waals surface area contributed by atoms with E-state index in [-0.39, 0.29) is 11.8 Å². The van der Waals surface area contributed by atoms with Crippen LogP contribution in [0.1, 0.15) is 51.0 Å². The highest BCUT2D eigenvalue weighted by Crippen LogP contribution is 2.28. The zero-order chi connectivity index (χ0) is 13.5. The summed E-state index contributed by atoms with van der Waals surface area (Å²) in [4.78, 5) is 11.7. The van der Waals surface area contributed by atoms with Gasteiger partial charge in [0.25, 0.3) is 0 Å². The smallest absolute Gasteiger partial charge is 0.243 e. The molecule has 1 aromatic carbocycles. The van der Waals surface area contributed by atoms with Crippen LogP contribution in [-0.4, -0.2) is 11.6 Å². The number of nitrogens with zero attached hydrogens (tertiary/aromatic N) is 1. The van der Waals surface area contributed by atoms with E-state index in [4.69, 9.17) is 0 Å². The van der Waals surface area contributed by atoms with Gasteiger partial charge < -0.3 is 0 Å². The molecule has 0 saturated heterocycles. The number of rotatable bonds is 7. The molecule has 1 saturated carbocycles. The quantitative estimate of drug-likeness (QED) is 0.454. The summed E-state index contributed by atoms with van der Waals surface area (Å²) in [5.74, 6) is 0.278. The highest BCUT2D eigenvalue weighted by molar-refractivity contribution is 6.01. The highest BCUT2D eigenvalue weighted by Gasteiger charge is 2.29. The van der Waals surface area contributed by atoms with Gasteiger partial charge in [0.15, 0.2) is 0 Å². The predicted molar refractivity (Wildman–Crippen MR) is 78.0 cm³/mol. The van der Waals surface area contributed by atoms with Gasteiger partial charge in [0.1, 0.15) is 0 Å². The fraction of sp³-hybridized carbons (Fsp3) is 0.500. The number of carbonyl (C=O) groups excluding carboxylic acids is 1. The highest BCUT2D eigenvalue weighted by atomic mass is 16.2. The van der Waals surface area contributed by atoms with Crippen molar-refractivity contribution in [3.8, 4) is 0 Å². The molecule has 1 aromatic rings. The van der Waals surface area contributed by atoms with Gasteiger partial charge in [-0.2, -0.15) is 5.10 Å². The summed E-state index contributed by atoms with van der Waals surface area (Å²) in [5, 5.41) is 4.34. The lowest BCUT2D eigenvalue weighted by atomic mass is 10.0. The molecular weight excluding hydrogens is 236 g/mol. The minimum atomic E-state index is 0.0731. The third kappa shape index (κ3) is 4.51. The largest absolute Gasteiger partial charge is 0.273 e. The van der Waals surface area contributed by atoms with E-state index in [0.717, 1.165) is 37.0 Å². The zero-order valence-corrected chi connectivity index (χ0v) is 11.6. The number of hydrogen-bond donors (Lipinski definition) is 1. The standard InChI is InChI=1S/C16H22N2O/c1-2-3-5-10-15(13-8-6-4-7-9-13)17-18-16(19)14-11-12-14/h4,6-9,14H,2-3,5,10-12H2,1H3,(H,18,19). The number of benzene rings is 1. The molecule has 0 aromatic heterocycles. The second-order valence-electron chi connectivity index (χ2n) is 5.13. The Kier molecular flexibility index (Phi) is 5.13. The van der Waals surface area contributed by atoms with Crippen LogP contribution < -0.4 is 5.43 Å². The molecule has 0 heterocycles. The lowest BCUT2D eigenvalue weighted by molar-refractivity contribution is -0.122. The molecule has 1 aliphatic carbocycles. The second-order valence-corrected chi connectivity index (χ2v) is 5.13. The molecule has 0 radical (unpaired) electrons. The number of nitrogens with one attached hydrogen (secondary N) is 1. The van der Waals surface area contributed by atoms with Gasteiger partial charge in [-0.1, -0.05) is 50.1 Å². The van der Waals surface area contributed by atoms with Gasteiger partial charge >= 0.3 is 0 Å². The Morgan fingerprint density at radius 1 is 1.26 bits per heavy atom. The minimum Gasteiger partial charge on any atom is -0.273 e. The first-order chi connectivity index (χ1) is 9.31. The van der Waals surface area contributed by atoms with Gasteiger partial charge in [-0.3, -0.25) is 4.79 Å². The molecule has 1 aliphatic rings. The summed E-state index contributed by atoms with van der Waals surface area (Å²) in [7, 11) is 0. The van der Waals surface area contributed by atoms with E-state index in [9.17, 15) is 4.79 Å². The lowest BCUT2D eigenvalue weighted by Crippen LogP contribution is -2.21. The first-order valence-electron chi connectivity index (χ1n) is 7.23. The summed E-state index contributed by atoms with van der Waals surface area (Å²) >= 11 is 0. The topological polar surface area (TPSA) is 41.5 Å². The predicted octanol–water partition coefficient (Wildman–Crippen LogP) is 3.50.